The minimum Gasteiger partial charge on any atom is -0.376 e. The zero-order chi connectivity index (χ0) is 10.9. The van der Waals surface area contributed by atoms with Crippen LogP contribution in [-0.2, 0) is 17.9 Å². The molecular formula is C13H19NO. The van der Waals surface area contributed by atoms with Crippen molar-refractivity contribution in [3.63, 3.8) is 0 Å². The van der Waals surface area contributed by atoms with Gasteiger partial charge >= 0.3 is 0 Å². The lowest BCUT2D eigenvalue weighted by atomic mass is 10.1. The Balaban J connectivity index is 2.47. The van der Waals surface area contributed by atoms with Gasteiger partial charge in [-0.3, -0.25) is 0 Å². The van der Waals surface area contributed by atoms with E-state index in [1.807, 2.05) is 19.2 Å². The van der Waals surface area contributed by atoms with Crippen molar-refractivity contribution in [1.29, 1.82) is 0 Å². The first-order chi connectivity index (χ1) is 7.38. The molecule has 0 atom stereocenters. The molecule has 1 rings (SSSR count). The third-order valence-electron chi connectivity index (χ3n) is 2.21. The maximum absolute atomic E-state index is 5.55. The minimum absolute atomic E-state index is 0.686. The summed E-state index contributed by atoms with van der Waals surface area (Å²) in [6.07, 6.45) is 2.79. The lowest BCUT2D eigenvalue weighted by Crippen LogP contribution is -2.08. The summed E-state index contributed by atoms with van der Waals surface area (Å²) in [6, 6.07) is 8.34. The molecule has 0 aliphatic carbocycles. The van der Waals surface area contributed by atoms with Crippen LogP contribution in [0, 0.1) is 0 Å². The van der Waals surface area contributed by atoms with E-state index in [-0.39, 0.29) is 0 Å². The van der Waals surface area contributed by atoms with Gasteiger partial charge in [-0.2, -0.15) is 0 Å². The van der Waals surface area contributed by atoms with Gasteiger partial charge in [0.15, 0.2) is 0 Å². The van der Waals surface area contributed by atoms with Crippen LogP contribution in [0.25, 0.3) is 0 Å². The molecule has 0 spiro atoms. The maximum atomic E-state index is 5.55. The molecule has 0 heterocycles. The van der Waals surface area contributed by atoms with E-state index in [1.54, 1.807) is 0 Å². The molecule has 0 bridgehead atoms. The second kappa shape index (κ2) is 7.21. The summed E-state index contributed by atoms with van der Waals surface area (Å²) in [5.74, 6) is 0. The number of benzene rings is 1. The van der Waals surface area contributed by atoms with Crippen LogP contribution >= 0.6 is 0 Å². The molecule has 1 N–H and O–H groups in total. The number of nitrogens with one attached hydrogen (secondary N) is 1. The Hall–Kier alpha value is -1.12. The fourth-order valence-electron chi connectivity index (χ4n) is 1.41. The molecule has 0 aliphatic heterocycles. The minimum atomic E-state index is 0.686. The van der Waals surface area contributed by atoms with Gasteiger partial charge in [-0.1, -0.05) is 30.3 Å². The van der Waals surface area contributed by atoms with Crippen molar-refractivity contribution in [2.45, 2.75) is 19.6 Å². The van der Waals surface area contributed by atoms with Gasteiger partial charge in [0.25, 0.3) is 0 Å². The van der Waals surface area contributed by atoms with Crippen LogP contribution in [0.1, 0.15) is 17.5 Å². The van der Waals surface area contributed by atoms with Crippen molar-refractivity contribution in [3.8, 4) is 0 Å². The molecule has 1 aromatic rings. The Morgan fingerprint density at radius 2 is 2.07 bits per heavy atom. The molecule has 82 valence electrons. The maximum Gasteiger partial charge on any atom is 0.0720 e. The quantitative estimate of drug-likeness (QED) is 0.545. The highest BCUT2D eigenvalue weighted by Gasteiger charge is 1.99. The number of hydrogen-bond donors (Lipinski definition) is 1. The Morgan fingerprint density at radius 1 is 1.33 bits per heavy atom. The molecule has 0 fully saturated rings. The van der Waals surface area contributed by atoms with Gasteiger partial charge in [-0.05, 0) is 24.6 Å². The monoisotopic (exact) mass is 205 g/mol. The van der Waals surface area contributed by atoms with E-state index in [9.17, 15) is 0 Å². The second-order valence-corrected chi connectivity index (χ2v) is 3.43. The average Bonchev–Trinajstić information content (AvgIpc) is 2.27. The van der Waals surface area contributed by atoms with Crippen molar-refractivity contribution in [2.24, 2.45) is 0 Å². The molecule has 0 unspecified atom stereocenters. The molecule has 0 saturated carbocycles. The summed E-state index contributed by atoms with van der Waals surface area (Å²) in [6.45, 7) is 5.99. The fraction of sp³-hybridized carbons (Fsp3) is 0.385. The first-order valence-electron chi connectivity index (χ1n) is 5.28. The smallest absolute Gasteiger partial charge is 0.0720 e. The highest BCUT2D eigenvalue weighted by Crippen LogP contribution is 2.09. The van der Waals surface area contributed by atoms with Crippen molar-refractivity contribution in [2.75, 3.05) is 13.7 Å². The van der Waals surface area contributed by atoms with Crippen LogP contribution in [0.5, 0.6) is 0 Å². The third kappa shape index (κ3) is 4.28. The highest BCUT2D eigenvalue weighted by atomic mass is 16.5. The molecule has 2 heteroatoms. The van der Waals surface area contributed by atoms with Crippen LogP contribution in [0.4, 0.5) is 0 Å². The van der Waals surface area contributed by atoms with Crippen molar-refractivity contribution in [1.82, 2.24) is 5.32 Å². The van der Waals surface area contributed by atoms with E-state index in [0.717, 1.165) is 19.6 Å². The van der Waals surface area contributed by atoms with Gasteiger partial charge in [-0.15, -0.1) is 6.58 Å². The van der Waals surface area contributed by atoms with Crippen LogP contribution in [0.15, 0.2) is 36.9 Å². The van der Waals surface area contributed by atoms with Crippen LogP contribution in [0.3, 0.4) is 0 Å². The van der Waals surface area contributed by atoms with Gasteiger partial charge in [0, 0.05) is 6.54 Å². The highest BCUT2D eigenvalue weighted by molar-refractivity contribution is 5.26. The van der Waals surface area contributed by atoms with Crippen LogP contribution in [-0.4, -0.2) is 13.7 Å². The normalized spacial score (nSPS) is 10.2. The first kappa shape index (κ1) is 12.0. The summed E-state index contributed by atoms with van der Waals surface area (Å²) < 4.78 is 5.55. The Morgan fingerprint density at radius 3 is 2.73 bits per heavy atom. The van der Waals surface area contributed by atoms with E-state index in [4.69, 9.17) is 4.74 Å². The van der Waals surface area contributed by atoms with Crippen LogP contribution < -0.4 is 5.32 Å². The van der Waals surface area contributed by atoms with E-state index >= 15 is 0 Å². The molecule has 0 saturated heterocycles. The molecular weight excluding hydrogens is 186 g/mol. The van der Waals surface area contributed by atoms with E-state index in [2.05, 4.69) is 30.1 Å². The van der Waals surface area contributed by atoms with Gasteiger partial charge < -0.3 is 10.1 Å². The Kier molecular flexibility index (Phi) is 5.74. The van der Waals surface area contributed by atoms with Gasteiger partial charge in [0.05, 0.1) is 13.2 Å². The fourth-order valence-corrected chi connectivity index (χ4v) is 1.41. The molecule has 0 radical (unpaired) electrons. The summed E-state index contributed by atoms with van der Waals surface area (Å²) in [5.41, 5.74) is 2.56. The summed E-state index contributed by atoms with van der Waals surface area (Å²) in [4.78, 5) is 0. The summed E-state index contributed by atoms with van der Waals surface area (Å²) in [5, 5.41) is 3.15. The molecule has 0 amide bonds. The predicted octanol–water partition coefficient (Wildman–Crippen LogP) is 2.50. The molecule has 1 aromatic carbocycles. The topological polar surface area (TPSA) is 21.3 Å². The molecule has 0 aliphatic rings. The van der Waals surface area contributed by atoms with Crippen molar-refractivity contribution < 1.29 is 4.74 Å². The summed E-state index contributed by atoms with van der Waals surface area (Å²) in [7, 11) is 1.95. The average molecular weight is 205 g/mol. The SMILES string of the molecule is C=CCCOCc1ccccc1CNC. The van der Waals surface area contributed by atoms with Gasteiger partial charge in [-0.25, -0.2) is 0 Å². The molecule has 0 aromatic heterocycles. The largest absolute Gasteiger partial charge is 0.376 e. The standard InChI is InChI=1S/C13H19NO/c1-3-4-9-15-11-13-8-6-5-7-12(13)10-14-2/h3,5-8,14H,1,4,9-11H2,2H3. The first-order valence-corrected chi connectivity index (χ1v) is 5.28. The third-order valence-corrected chi connectivity index (χ3v) is 2.21. The number of ether oxygens (including phenoxy) is 1. The van der Waals surface area contributed by atoms with Gasteiger partial charge in [0.1, 0.15) is 0 Å². The number of hydrogen-bond acceptors (Lipinski definition) is 2. The van der Waals surface area contributed by atoms with Crippen molar-refractivity contribution in [3.05, 3.63) is 48.0 Å². The van der Waals surface area contributed by atoms with Crippen LogP contribution in [0.2, 0.25) is 0 Å². The van der Waals surface area contributed by atoms with E-state index in [0.29, 0.717) is 6.61 Å². The molecule has 15 heavy (non-hydrogen) atoms. The Labute approximate surface area is 92.0 Å². The van der Waals surface area contributed by atoms with E-state index < -0.39 is 0 Å². The predicted molar refractivity (Wildman–Crippen MR) is 63.7 cm³/mol. The second-order valence-electron chi connectivity index (χ2n) is 3.43. The van der Waals surface area contributed by atoms with E-state index in [1.165, 1.54) is 11.1 Å². The lowest BCUT2D eigenvalue weighted by Gasteiger charge is -2.09. The summed E-state index contributed by atoms with van der Waals surface area (Å²) >= 11 is 0. The van der Waals surface area contributed by atoms with Gasteiger partial charge in [0.2, 0.25) is 0 Å². The van der Waals surface area contributed by atoms with Crippen molar-refractivity contribution >= 4 is 0 Å². The zero-order valence-electron chi connectivity index (χ0n) is 9.33. The molecule has 2 nitrogen and oxygen atoms in total. The lowest BCUT2D eigenvalue weighted by molar-refractivity contribution is 0.125. The zero-order valence-corrected chi connectivity index (χ0v) is 9.33. The Bertz CT molecular complexity index is 296. The number of rotatable bonds is 7.